The van der Waals surface area contributed by atoms with Gasteiger partial charge >= 0.3 is 0 Å². The first kappa shape index (κ1) is 12.3. The number of carbonyl (C=O) groups is 1. The van der Waals surface area contributed by atoms with Crippen LogP contribution in [0.15, 0.2) is 26.5 Å². The Morgan fingerprint density at radius 1 is 1.56 bits per heavy atom. The van der Waals surface area contributed by atoms with Crippen LogP contribution >= 0.6 is 39.0 Å². The number of thioether (sulfide) groups is 1. The largest absolute Gasteiger partial charge is 0.360 e. The van der Waals surface area contributed by atoms with E-state index in [0.717, 1.165) is 8.66 Å². The van der Waals surface area contributed by atoms with Crippen molar-refractivity contribution in [1.82, 2.24) is 5.16 Å². The Labute approximate surface area is 120 Å². The van der Waals surface area contributed by atoms with Crippen molar-refractivity contribution in [2.75, 3.05) is 10.7 Å². The van der Waals surface area contributed by atoms with Gasteiger partial charge in [0.15, 0.2) is 5.82 Å². The average molecular weight is 345 g/mol. The number of nitrogens with zero attached hydrogens (tertiary/aromatic N) is 2. The van der Waals surface area contributed by atoms with Crippen molar-refractivity contribution in [3.63, 3.8) is 0 Å². The number of carbonyl (C=O) groups excluding carboxylic acids is 1. The lowest BCUT2D eigenvalue weighted by Gasteiger charge is -2.19. The first-order valence-electron chi connectivity index (χ1n) is 5.27. The maximum absolute atomic E-state index is 12.0. The molecule has 7 heteroatoms. The van der Waals surface area contributed by atoms with Crippen molar-refractivity contribution in [2.45, 2.75) is 12.3 Å². The predicted octanol–water partition coefficient (Wildman–Crippen LogP) is 3.59. The molecule has 0 saturated carbocycles. The molecule has 0 aliphatic carbocycles. The SMILES string of the molecule is Cc1cc(N2C(=O)CSC2c2ccc(Br)s2)no1. The molecule has 3 heterocycles. The number of aryl methyl sites for hydroxylation is 1. The van der Waals surface area contributed by atoms with Crippen molar-refractivity contribution in [3.05, 3.63) is 32.6 Å². The Kier molecular flexibility index (Phi) is 3.21. The lowest BCUT2D eigenvalue weighted by atomic mass is 10.3. The van der Waals surface area contributed by atoms with Gasteiger partial charge in [-0.1, -0.05) is 5.16 Å². The summed E-state index contributed by atoms with van der Waals surface area (Å²) in [5, 5.41) is 3.94. The summed E-state index contributed by atoms with van der Waals surface area (Å²) < 4.78 is 6.12. The molecule has 94 valence electrons. The minimum atomic E-state index is -0.00157. The van der Waals surface area contributed by atoms with Crippen LogP contribution in [0.2, 0.25) is 0 Å². The molecule has 1 fully saturated rings. The fraction of sp³-hybridized carbons (Fsp3) is 0.273. The Hall–Kier alpha value is -0.790. The molecule has 1 amide bonds. The highest BCUT2D eigenvalue weighted by Crippen LogP contribution is 2.44. The van der Waals surface area contributed by atoms with Gasteiger partial charge in [0.2, 0.25) is 5.91 Å². The highest BCUT2D eigenvalue weighted by atomic mass is 79.9. The number of anilines is 1. The van der Waals surface area contributed by atoms with Crippen molar-refractivity contribution >= 4 is 50.8 Å². The molecule has 1 aliphatic heterocycles. The third-order valence-electron chi connectivity index (χ3n) is 2.57. The van der Waals surface area contributed by atoms with E-state index in [9.17, 15) is 4.79 Å². The van der Waals surface area contributed by atoms with Gasteiger partial charge in [0.25, 0.3) is 0 Å². The van der Waals surface area contributed by atoms with E-state index in [1.807, 2.05) is 19.1 Å². The summed E-state index contributed by atoms with van der Waals surface area (Å²) in [7, 11) is 0. The van der Waals surface area contributed by atoms with Crippen LogP contribution in [-0.4, -0.2) is 16.8 Å². The van der Waals surface area contributed by atoms with E-state index < -0.39 is 0 Å². The highest BCUT2D eigenvalue weighted by Gasteiger charge is 2.36. The lowest BCUT2D eigenvalue weighted by Crippen LogP contribution is -2.27. The summed E-state index contributed by atoms with van der Waals surface area (Å²) in [5.41, 5.74) is 0. The fourth-order valence-corrected chi connectivity index (χ4v) is 4.61. The predicted molar refractivity (Wildman–Crippen MR) is 75.9 cm³/mol. The van der Waals surface area contributed by atoms with Gasteiger partial charge in [-0.3, -0.25) is 9.69 Å². The molecule has 0 bridgehead atoms. The molecule has 0 spiro atoms. The van der Waals surface area contributed by atoms with Crippen molar-refractivity contribution in [2.24, 2.45) is 0 Å². The fourth-order valence-electron chi connectivity index (χ4n) is 1.81. The normalized spacial score (nSPS) is 19.8. The summed E-state index contributed by atoms with van der Waals surface area (Å²) in [5.74, 6) is 1.85. The van der Waals surface area contributed by atoms with Crippen LogP contribution in [0.1, 0.15) is 16.0 Å². The molecule has 0 N–H and O–H groups in total. The van der Waals surface area contributed by atoms with E-state index in [1.165, 1.54) is 0 Å². The Morgan fingerprint density at radius 3 is 3.00 bits per heavy atom. The maximum atomic E-state index is 12.0. The maximum Gasteiger partial charge on any atom is 0.239 e. The third kappa shape index (κ3) is 2.10. The zero-order chi connectivity index (χ0) is 12.7. The quantitative estimate of drug-likeness (QED) is 0.835. The zero-order valence-electron chi connectivity index (χ0n) is 9.42. The highest BCUT2D eigenvalue weighted by molar-refractivity contribution is 9.11. The van der Waals surface area contributed by atoms with Crippen molar-refractivity contribution < 1.29 is 9.32 Å². The van der Waals surface area contributed by atoms with Crippen molar-refractivity contribution in [1.29, 1.82) is 0 Å². The van der Waals surface area contributed by atoms with Gasteiger partial charge in [-0.05, 0) is 35.0 Å². The lowest BCUT2D eigenvalue weighted by molar-refractivity contribution is -0.115. The second kappa shape index (κ2) is 4.71. The van der Waals surface area contributed by atoms with Crippen LogP contribution < -0.4 is 4.90 Å². The van der Waals surface area contributed by atoms with Crippen LogP contribution in [-0.2, 0) is 4.79 Å². The molecule has 1 aliphatic rings. The van der Waals surface area contributed by atoms with Crippen LogP contribution in [0, 0.1) is 6.92 Å². The topological polar surface area (TPSA) is 46.3 Å². The molecule has 1 atom stereocenters. The average Bonchev–Trinajstić information content (AvgIpc) is 2.99. The van der Waals surface area contributed by atoms with Crippen LogP contribution in [0.25, 0.3) is 0 Å². The summed E-state index contributed by atoms with van der Waals surface area (Å²) in [6.45, 7) is 1.82. The summed E-state index contributed by atoms with van der Waals surface area (Å²) in [6.07, 6.45) is 0. The van der Waals surface area contributed by atoms with Crippen LogP contribution in [0.3, 0.4) is 0 Å². The molecule has 4 nitrogen and oxygen atoms in total. The number of hydrogen-bond donors (Lipinski definition) is 0. The van der Waals surface area contributed by atoms with Gasteiger partial charge in [-0.25, -0.2) is 0 Å². The molecule has 1 saturated heterocycles. The number of aromatic nitrogens is 1. The molecule has 0 radical (unpaired) electrons. The molecular formula is C11H9BrN2O2S2. The van der Waals surface area contributed by atoms with Gasteiger partial charge in [0.1, 0.15) is 11.1 Å². The third-order valence-corrected chi connectivity index (χ3v) is 5.59. The number of amides is 1. The molecule has 2 aromatic heterocycles. The second-order valence-corrected chi connectivity index (χ2v) is 7.43. The minimum Gasteiger partial charge on any atom is -0.360 e. The summed E-state index contributed by atoms with van der Waals surface area (Å²) in [4.78, 5) is 14.8. The van der Waals surface area contributed by atoms with Gasteiger partial charge in [-0.15, -0.1) is 23.1 Å². The van der Waals surface area contributed by atoms with E-state index >= 15 is 0 Å². The number of halogens is 1. The Morgan fingerprint density at radius 2 is 2.39 bits per heavy atom. The van der Waals surface area contributed by atoms with E-state index in [0.29, 0.717) is 17.3 Å². The standard InChI is InChI=1S/C11H9BrN2O2S2/c1-6-4-9(13-16-6)14-10(15)5-17-11(14)7-2-3-8(12)18-7/h2-4,11H,5H2,1H3. The molecule has 1 unspecified atom stereocenters. The number of thiophene rings is 1. The van der Waals surface area contributed by atoms with E-state index in [4.69, 9.17) is 4.52 Å². The Bertz CT molecular complexity index is 595. The number of hydrogen-bond acceptors (Lipinski definition) is 5. The second-order valence-electron chi connectivity index (χ2n) is 3.86. The summed E-state index contributed by atoms with van der Waals surface area (Å²) in [6, 6.07) is 5.82. The molecule has 0 aromatic carbocycles. The molecule has 18 heavy (non-hydrogen) atoms. The van der Waals surface area contributed by atoms with E-state index in [1.54, 1.807) is 34.1 Å². The van der Waals surface area contributed by atoms with Crippen molar-refractivity contribution in [3.8, 4) is 0 Å². The monoisotopic (exact) mass is 344 g/mol. The molecular weight excluding hydrogens is 336 g/mol. The van der Waals surface area contributed by atoms with E-state index in [2.05, 4.69) is 21.1 Å². The first-order chi connectivity index (χ1) is 8.65. The van der Waals surface area contributed by atoms with E-state index in [-0.39, 0.29) is 11.3 Å². The summed E-state index contributed by atoms with van der Waals surface area (Å²) >= 11 is 6.70. The molecule has 2 aromatic rings. The van der Waals surface area contributed by atoms with Gasteiger partial charge in [0, 0.05) is 10.9 Å². The van der Waals surface area contributed by atoms with Gasteiger partial charge in [0.05, 0.1) is 9.54 Å². The van der Waals surface area contributed by atoms with Gasteiger partial charge < -0.3 is 4.52 Å². The minimum absolute atomic E-state index is 0.00157. The molecule has 3 rings (SSSR count). The Balaban J connectivity index is 1.97. The zero-order valence-corrected chi connectivity index (χ0v) is 12.6. The van der Waals surface area contributed by atoms with Crippen LogP contribution in [0.4, 0.5) is 5.82 Å². The van der Waals surface area contributed by atoms with Crippen LogP contribution in [0.5, 0.6) is 0 Å². The number of rotatable bonds is 2. The smallest absolute Gasteiger partial charge is 0.239 e. The first-order valence-corrected chi connectivity index (χ1v) is 7.93. The van der Waals surface area contributed by atoms with Gasteiger partial charge in [-0.2, -0.15) is 0 Å².